The summed E-state index contributed by atoms with van der Waals surface area (Å²) in [5.74, 6) is 1.68. The fraction of sp³-hybridized carbons (Fsp3) is 0.679. The number of carbonyl (C=O) groups excluding carboxylic acids is 1. The van der Waals surface area contributed by atoms with Crippen LogP contribution < -0.4 is 4.90 Å². The molecular formula is C28H37NO3. The zero-order valence-corrected chi connectivity index (χ0v) is 19.8. The number of allylic oxidation sites excluding steroid dienone is 1. The van der Waals surface area contributed by atoms with E-state index in [0.717, 1.165) is 32.3 Å². The highest BCUT2D eigenvalue weighted by Crippen LogP contribution is 2.70. The van der Waals surface area contributed by atoms with Crippen molar-refractivity contribution in [1.29, 1.82) is 0 Å². The maximum Gasteiger partial charge on any atom is 0.136 e. The van der Waals surface area contributed by atoms with Crippen molar-refractivity contribution >= 4 is 11.5 Å². The lowest BCUT2D eigenvalue weighted by atomic mass is 9.49. The summed E-state index contributed by atoms with van der Waals surface area (Å²) >= 11 is 0. The lowest BCUT2D eigenvalue weighted by molar-refractivity contribution is -0.217. The molecular weight excluding hydrogens is 398 g/mol. The molecule has 4 nitrogen and oxygen atoms in total. The fourth-order valence-corrected chi connectivity index (χ4v) is 8.48. The van der Waals surface area contributed by atoms with Gasteiger partial charge in [0.1, 0.15) is 5.78 Å². The first-order valence-corrected chi connectivity index (χ1v) is 12.7. The number of ketones is 1. The van der Waals surface area contributed by atoms with Crippen molar-refractivity contribution < 1.29 is 14.6 Å². The lowest BCUT2D eigenvalue weighted by Gasteiger charge is -2.60. The largest absolute Gasteiger partial charge is 0.385 e. The molecule has 32 heavy (non-hydrogen) atoms. The molecule has 0 aromatic heterocycles. The summed E-state index contributed by atoms with van der Waals surface area (Å²) < 4.78 is 6.39. The van der Waals surface area contributed by atoms with Crippen LogP contribution in [-0.2, 0) is 9.53 Å². The predicted octanol–water partition coefficient (Wildman–Crippen LogP) is 5.01. The van der Waals surface area contributed by atoms with Gasteiger partial charge in [0.2, 0.25) is 0 Å². The average molecular weight is 436 g/mol. The number of nitrogens with zero attached hydrogens (tertiary/aromatic N) is 1. The topological polar surface area (TPSA) is 49.8 Å². The van der Waals surface area contributed by atoms with E-state index in [2.05, 4.69) is 50.2 Å². The van der Waals surface area contributed by atoms with Gasteiger partial charge in [0.25, 0.3) is 0 Å². The second kappa shape index (κ2) is 6.93. The molecule has 1 N–H and O–H groups in total. The molecule has 6 rings (SSSR count). The number of Topliss-reactive ketones (excluding diaryl/α,β-unsaturated/α-hetero) is 1. The molecule has 1 aromatic rings. The van der Waals surface area contributed by atoms with E-state index in [1.165, 1.54) is 41.7 Å². The first-order chi connectivity index (χ1) is 15.3. The van der Waals surface area contributed by atoms with Crippen LogP contribution in [0.4, 0.5) is 5.69 Å². The molecule has 172 valence electrons. The van der Waals surface area contributed by atoms with Crippen LogP contribution in [-0.4, -0.2) is 42.8 Å². The van der Waals surface area contributed by atoms with E-state index in [0.29, 0.717) is 30.6 Å². The van der Waals surface area contributed by atoms with E-state index in [1.807, 2.05) is 0 Å². The Morgan fingerprint density at radius 1 is 1.06 bits per heavy atom. The molecule has 3 saturated carbocycles. The maximum atomic E-state index is 12.3. The fourth-order valence-electron chi connectivity index (χ4n) is 8.48. The third kappa shape index (κ3) is 2.72. The Balaban J connectivity index is 1.49. The van der Waals surface area contributed by atoms with Gasteiger partial charge in [-0.1, -0.05) is 24.6 Å². The Labute approximate surface area is 192 Å². The van der Waals surface area contributed by atoms with Gasteiger partial charge in [0, 0.05) is 50.4 Å². The van der Waals surface area contributed by atoms with Crippen LogP contribution in [0.15, 0.2) is 35.4 Å². The van der Waals surface area contributed by atoms with E-state index in [9.17, 15) is 9.90 Å². The molecule has 0 radical (unpaired) electrons. The molecule has 6 atom stereocenters. The summed E-state index contributed by atoms with van der Waals surface area (Å²) in [6.45, 7) is 3.42. The molecule has 4 fully saturated rings. The van der Waals surface area contributed by atoms with Gasteiger partial charge in [-0.2, -0.15) is 0 Å². The number of aliphatic hydroxyl groups is 1. The van der Waals surface area contributed by atoms with Crippen LogP contribution >= 0.6 is 0 Å². The van der Waals surface area contributed by atoms with Gasteiger partial charge in [-0.15, -0.1) is 0 Å². The van der Waals surface area contributed by atoms with Gasteiger partial charge in [0.15, 0.2) is 0 Å². The molecule has 0 amide bonds. The van der Waals surface area contributed by atoms with Crippen molar-refractivity contribution in [2.45, 2.75) is 81.8 Å². The van der Waals surface area contributed by atoms with E-state index in [4.69, 9.17) is 4.74 Å². The number of carbonyl (C=O) groups is 1. The van der Waals surface area contributed by atoms with Gasteiger partial charge in [-0.25, -0.2) is 0 Å². The van der Waals surface area contributed by atoms with Crippen molar-refractivity contribution in [3.8, 4) is 0 Å². The van der Waals surface area contributed by atoms with Gasteiger partial charge in [-0.3, -0.25) is 4.79 Å². The normalized spacial score (nSPS) is 42.9. The molecule has 4 heteroatoms. The summed E-state index contributed by atoms with van der Waals surface area (Å²) in [6.07, 6.45) is 8.12. The molecule has 1 heterocycles. The zero-order valence-electron chi connectivity index (χ0n) is 19.8. The lowest BCUT2D eigenvalue weighted by Crippen LogP contribution is -2.58. The molecule has 1 unspecified atom stereocenters. The maximum absolute atomic E-state index is 12.3. The molecule has 1 aliphatic heterocycles. The predicted molar refractivity (Wildman–Crippen MR) is 126 cm³/mol. The van der Waals surface area contributed by atoms with E-state index < -0.39 is 5.60 Å². The second-order valence-electron chi connectivity index (χ2n) is 11.7. The van der Waals surface area contributed by atoms with Crippen LogP contribution in [0.1, 0.15) is 76.2 Å². The van der Waals surface area contributed by atoms with E-state index >= 15 is 0 Å². The highest BCUT2D eigenvalue weighted by molar-refractivity contribution is 5.82. The van der Waals surface area contributed by atoms with Crippen LogP contribution in [0.3, 0.4) is 0 Å². The summed E-state index contributed by atoms with van der Waals surface area (Å²) in [4.78, 5) is 14.4. The number of hydrogen-bond donors (Lipinski definition) is 1. The SMILES string of the molecule is CN(C)c1ccc([C@H]2C[C@@]3(C)[C@@H](CCC34CCO4)[C@@H]3CC[C@@]4(O)CC(=O)CCC4=C32)cc1. The monoisotopic (exact) mass is 435 g/mol. The second-order valence-corrected chi connectivity index (χ2v) is 11.7. The number of ether oxygens (including phenoxy) is 1. The van der Waals surface area contributed by atoms with Gasteiger partial charge in [0.05, 0.1) is 17.8 Å². The third-order valence-electron chi connectivity index (χ3n) is 10.2. The summed E-state index contributed by atoms with van der Waals surface area (Å²) in [5.41, 5.74) is 4.66. The number of fused-ring (bicyclic) bond motifs is 5. The minimum Gasteiger partial charge on any atom is -0.385 e. The van der Waals surface area contributed by atoms with Crippen LogP contribution in [0.25, 0.3) is 0 Å². The summed E-state index contributed by atoms with van der Waals surface area (Å²) in [6, 6.07) is 9.07. The minimum absolute atomic E-state index is 0.0615. The standard InChI is InChI=1S/C28H37NO3/c1-26-17-22(18-4-6-19(7-5-18)29(2)3)25-21(23(26)11-13-28(26)14-15-32-28)10-12-27(31)16-20(30)8-9-24(25)27/h4-7,21-23,31H,8-17H2,1-3H3/t21-,22+,23-,26-,27+,28?/m0/s1. The van der Waals surface area contributed by atoms with Gasteiger partial charge in [-0.05, 0) is 73.6 Å². The molecule has 1 saturated heterocycles. The number of benzene rings is 1. The zero-order chi connectivity index (χ0) is 22.3. The highest BCUT2D eigenvalue weighted by atomic mass is 16.5. The Kier molecular flexibility index (Phi) is 4.53. The molecule has 1 spiro atoms. The molecule has 4 aliphatic carbocycles. The summed E-state index contributed by atoms with van der Waals surface area (Å²) in [5, 5.41) is 11.6. The Morgan fingerprint density at radius 3 is 2.47 bits per heavy atom. The molecule has 1 aromatic carbocycles. The van der Waals surface area contributed by atoms with Gasteiger partial charge < -0.3 is 14.7 Å². The molecule has 0 bridgehead atoms. The van der Waals surface area contributed by atoms with Crippen LogP contribution in [0.5, 0.6) is 0 Å². The minimum atomic E-state index is -0.903. The first kappa shape index (κ1) is 20.9. The molecule has 5 aliphatic rings. The Hall–Kier alpha value is -1.65. The summed E-state index contributed by atoms with van der Waals surface area (Å²) in [7, 11) is 4.16. The third-order valence-corrected chi connectivity index (χ3v) is 10.2. The Morgan fingerprint density at radius 2 is 1.81 bits per heavy atom. The smallest absolute Gasteiger partial charge is 0.136 e. The number of hydrogen-bond acceptors (Lipinski definition) is 4. The van der Waals surface area contributed by atoms with Crippen LogP contribution in [0, 0.1) is 17.3 Å². The van der Waals surface area contributed by atoms with Gasteiger partial charge >= 0.3 is 0 Å². The van der Waals surface area contributed by atoms with Crippen LogP contribution in [0.2, 0.25) is 0 Å². The van der Waals surface area contributed by atoms with Crippen molar-refractivity contribution in [2.75, 3.05) is 25.6 Å². The van der Waals surface area contributed by atoms with E-state index in [1.54, 1.807) is 0 Å². The first-order valence-electron chi connectivity index (χ1n) is 12.7. The number of anilines is 1. The van der Waals surface area contributed by atoms with E-state index in [-0.39, 0.29) is 16.8 Å². The quantitative estimate of drug-likeness (QED) is 0.664. The average Bonchev–Trinajstić information content (AvgIpc) is 3.05. The Bertz CT molecular complexity index is 975. The van der Waals surface area contributed by atoms with Crippen molar-refractivity contribution in [2.24, 2.45) is 17.3 Å². The van der Waals surface area contributed by atoms with Crippen molar-refractivity contribution in [1.82, 2.24) is 0 Å². The highest BCUT2D eigenvalue weighted by Gasteiger charge is 2.66. The number of rotatable bonds is 2. The van der Waals surface area contributed by atoms with Crippen molar-refractivity contribution in [3.05, 3.63) is 41.0 Å². The van der Waals surface area contributed by atoms with Crippen molar-refractivity contribution in [3.63, 3.8) is 0 Å².